The molecule has 0 spiro atoms. The van der Waals surface area contributed by atoms with Gasteiger partial charge in [0.25, 0.3) is 0 Å². The molecule has 0 aromatic carbocycles. The second kappa shape index (κ2) is 11.6. The summed E-state index contributed by atoms with van der Waals surface area (Å²) in [6.07, 6.45) is -8.00. The lowest BCUT2D eigenvalue weighted by Crippen LogP contribution is -2.76. The molecule has 0 aromatic heterocycles. The molecule has 0 aliphatic heterocycles. The number of halogens is 19. The van der Waals surface area contributed by atoms with Gasteiger partial charge in [-0.2, -0.15) is 83.4 Å². The average Bonchev–Trinajstić information content (AvgIpc) is 2.79. The summed E-state index contributed by atoms with van der Waals surface area (Å²) >= 11 is 0. The van der Waals surface area contributed by atoms with E-state index in [9.17, 15) is 96.4 Å². The normalized spacial score (nSPS) is 15.9. The standard InChI is InChI=1S/C9HF19O3S.C8H20N/c10-1(11,2(12,13)4(16,17)6(20,21)8(24,25)26)3(14,15)5(18,19)7(22,23)9(27,28)32(29,30)31;1-5-9(6-2,7-3)8-4/h(H,29,30,31);5-8H2,1-4H3/q;+1/p-1. The Balaban J connectivity index is 0. The van der Waals surface area contributed by atoms with Crippen molar-refractivity contribution >= 4 is 10.1 Å². The van der Waals surface area contributed by atoms with Crippen LogP contribution in [-0.4, -0.2) is 96.5 Å². The third-order valence-electron chi connectivity index (χ3n) is 6.08. The van der Waals surface area contributed by atoms with Gasteiger partial charge in [-0.15, -0.1) is 0 Å². The molecule has 0 rings (SSSR count). The van der Waals surface area contributed by atoms with E-state index < -0.39 is 63.0 Å². The summed E-state index contributed by atoms with van der Waals surface area (Å²) in [4.78, 5) is 0. The maximum Gasteiger partial charge on any atom is 0.460 e. The summed E-state index contributed by atoms with van der Waals surface area (Å²) in [5.41, 5.74) is 0. The molecule has 0 unspecified atom stereocenters. The lowest BCUT2D eigenvalue weighted by atomic mass is 9.89. The fourth-order valence-electron chi connectivity index (χ4n) is 2.85. The van der Waals surface area contributed by atoms with Crippen molar-refractivity contribution in [3.63, 3.8) is 0 Å². The zero-order valence-corrected chi connectivity index (χ0v) is 21.4. The molecule has 4 nitrogen and oxygen atoms in total. The Morgan fingerprint density at radius 2 is 0.634 bits per heavy atom. The van der Waals surface area contributed by atoms with Gasteiger partial charge in [-0.05, 0) is 27.7 Å². The molecule has 0 saturated carbocycles. The first-order valence-corrected chi connectivity index (χ1v) is 11.8. The van der Waals surface area contributed by atoms with Gasteiger partial charge in [0.1, 0.15) is 0 Å². The van der Waals surface area contributed by atoms with Crippen molar-refractivity contribution < 1.29 is 101 Å². The second-order valence-electron chi connectivity index (χ2n) is 8.10. The van der Waals surface area contributed by atoms with E-state index >= 15 is 0 Å². The van der Waals surface area contributed by atoms with Crippen molar-refractivity contribution in [3.05, 3.63) is 0 Å². The summed E-state index contributed by atoms with van der Waals surface area (Å²) in [5.74, 6) is -62.3. The van der Waals surface area contributed by atoms with Crippen molar-refractivity contribution in [3.8, 4) is 0 Å². The van der Waals surface area contributed by atoms with Gasteiger partial charge in [-0.25, -0.2) is 8.42 Å². The Bertz CT molecular complexity index is 970. The highest BCUT2D eigenvalue weighted by Crippen LogP contribution is 2.65. The lowest BCUT2D eigenvalue weighted by molar-refractivity contribution is -0.921. The Hall–Kier alpha value is -1.46. The van der Waals surface area contributed by atoms with Crippen LogP contribution in [0.5, 0.6) is 0 Å². The zero-order chi connectivity index (χ0) is 34.3. The Labute approximate surface area is 218 Å². The first kappa shape index (κ1) is 41.7. The van der Waals surface area contributed by atoms with Gasteiger partial charge in [-0.1, -0.05) is 0 Å². The van der Waals surface area contributed by atoms with Gasteiger partial charge in [0.15, 0.2) is 10.1 Å². The maximum absolute atomic E-state index is 13.2. The molecule has 0 heterocycles. The topological polar surface area (TPSA) is 57.2 Å². The van der Waals surface area contributed by atoms with Crippen LogP contribution < -0.4 is 0 Å². The largest absolute Gasteiger partial charge is 0.743 e. The third kappa shape index (κ3) is 6.14. The van der Waals surface area contributed by atoms with E-state index in [2.05, 4.69) is 27.7 Å². The molecule has 0 bridgehead atoms. The van der Waals surface area contributed by atoms with Crippen LogP contribution in [0.3, 0.4) is 0 Å². The molecule has 0 saturated heterocycles. The minimum atomic E-state index is -9.17. The van der Waals surface area contributed by atoms with E-state index in [-0.39, 0.29) is 0 Å². The Morgan fingerprint density at radius 3 is 0.780 bits per heavy atom. The zero-order valence-electron chi connectivity index (χ0n) is 20.6. The summed E-state index contributed by atoms with van der Waals surface area (Å²) in [6, 6.07) is 0. The van der Waals surface area contributed by atoms with Crippen molar-refractivity contribution in [2.24, 2.45) is 0 Å². The predicted molar refractivity (Wildman–Crippen MR) is 97.8 cm³/mol. The highest BCUT2D eigenvalue weighted by atomic mass is 32.2. The minimum Gasteiger partial charge on any atom is -0.743 e. The summed E-state index contributed by atoms with van der Waals surface area (Å²) < 4.78 is 273. The summed E-state index contributed by atoms with van der Waals surface area (Å²) in [6.45, 7) is 14.2. The van der Waals surface area contributed by atoms with E-state index in [0.717, 1.165) is 0 Å². The summed E-state index contributed by atoms with van der Waals surface area (Å²) in [7, 11) is -8.25. The molecule has 0 aliphatic rings. The smallest absolute Gasteiger partial charge is 0.460 e. The van der Waals surface area contributed by atoms with Crippen LogP contribution in [0.2, 0.25) is 0 Å². The first-order valence-electron chi connectivity index (χ1n) is 10.4. The van der Waals surface area contributed by atoms with E-state index in [0.29, 0.717) is 0 Å². The molecular weight excluding hydrogens is 659 g/mol. The predicted octanol–water partition coefficient (Wildman–Crippen LogP) is 7.02. The van der Waals surface area contributed by atoms with Crippen molar-refractivity contribution in [1.29, 1.82) is 0 Å². The minimum absolute atomic E-state index is 1.28. The molecular formula is C17H20F19NO3S. The van der Waals surface area contributed by atoms with Crippen LogP contribution >= 0.6 is 0 Å². The molecule has 0 aromatic rings. The third-order valence-corrected chi connectivity index (χ3v) is 6.97. The average molecular weight is 679 g/mol. The fourth-order valence-corrected chi connectivity index (χ4v) is 3.29. The number of hydrogen-bond acceptors (Lipinski definition) is 3. The number of quaternary nitrogens is 1. The van der Waals surface area contributed by atoms with Crippen LogP contribution in [0.15, 0.2) is 0 Å². The van der Waals surface area contributed by atoms with Gasteiger partial charge in [0.05, 0.1) is 26.2 Å². The lowest BCUT2D eigenvalue weighted by Gasteiger charge is -2.43. The Morgan fingerprint density at radius 1 is 0.439 bits per heavy atom. The summed E-state index contributed by atoms with van der Waals surface area (Å²) in [5, 5.41) is -8.07. The van der Waals surface area contributed by atoms with E-state index in [1.165, 1.54) is 30.7 Å². The van der Waals surface area contributed by atoms with Crippen LogP contribution in [0.25, 0.3) is 0 Å². The monoisotopic (exact) mass is 679 g/mol. The molecule has 0 atom stereocenters. The van der Waals surface area contributed by atoms with Gasteiger partial charge in [-0.3, -0.25) is 0 Å². The van der Waals surface area contributed by atoms with Crippen LogP contribution in [0, 0.1) is 0 Å². The van der Waals surface area contributed by atoms with Gasteiger partial charge in [0.2, 0.25) is 0 Å². The number of hydrogen-bond donors (Lipinski definition) is 0. The van der Waals surface area contributed by atoms with E-state index in [1.807, 2.05) is 0 Å². The van der Waals surface area contributed by atoms with Crippen molar-refractivity contribution in [1.82, 2.24) is 0 Å². The number of rotatable bonds is 12. The first-order chi connectivity index (χ1) is 17.5. The fraction of sp³-hybridized carbons (Fsp3) is 1.00. The van der Waals surface area contributed by atoms with Gasteiger partial charge in [0, 0.05) is 0 Å². The van der Waals surface area contributed by atoms with E-state index in [4.69, 9.17) is 0 Å². The maximum atomic E-state index is 13.2. The SMILES string of the molecule is CC[N+](CC)(CC)CC.O=S(=O)([O-])C(F)(F)C(F)(F)C(F)(F)C(F)(F)C(F)(F)C(F)(F)C(F)(F)C(F)(F)C(F)(F)F. The molecule has 0 N–H and O–H groups in total. The van der Waals surface area contributed by atoms with Crippen LogP contribution in [0.4, 0.5) is 83.4 Å². The molecule has 0 aliphatic carbocycles. The van der Waals surface area contributed by atoms with Crippen molar-refractivity contribution in [2.45, 2.75) is 80.6 Å². The number of nitrogens with zero attached hydrogens (tertiary/aromatic N) is 1. The van der Waals surface area contributed by atoms with Gasteiger partial charge < -0.3 is 9.04 Å². The molecule has 0 fully saturated rings. The Kier molecular flexibility index (Phi) is 11.8. The number of alkyl halides is 19. The quantitative estimate of drug-likeness (QED) is 0.127. The van der Waals surface area contributed by atoms with Crippen LogP contribution in [0.1, 0.15) is 27.7 Å². The second-order valence-corrected chi connectivity index (χ2v) is 9.52. The highest BCUT2D eigenvalue weighted by Gasteiger charge is 2.97. The van der Waals surface area contributed by atoms with Crippen molar-refractivity contribution in [2.75, 3.05) is 26.2 Å². The van der Waals surface area contributed by atoms with Gasteiger partial charge >= 0.3 is 52.9 Å². The molecule has 24 heteroatoms. The molecule has 41 heavy (non-hydrogen) atoms. The van der Waals surface area contributed by atoms with E-state index in [1.54, 1.807) is 0 Å². The molecule has 250 valence electrons. The van der Waals surface area contributed by atoms with Crippen LogP contribution in [-0.2, 0) is 10.1 Å². The molecule has 0 radical (unpaired) electrons. The molecule has 0 amide bonds. The highest BCUT2D eigenvalue weighted by molar-refractivity contribution is 7.86.